The normalized spacial score (nSPS) is 24.2. The summed E-state index contributed by atoms with van der Waals surface area (Å²) in [6.07, 6.45) is 4.83. The van der Waals surface area contributed by atoms with Gasteiger partial charge in [-0.1, -0.05) is 63.1 Å². The lowest BCUT2D eigenvalue weighted by Crippen LogP contribution is -2.27. The zero-order valence-electron chi connectivity index (χ0n) is 11.2. The van der Waals surface area contributed by atoms with E-state index in [9.17, 15) is 0 Å². The average molecular weight is 249 g/mol. The number of hydrogen-bond donors (Lipinski definition) is 0. The molecule has 1 fully saturated rings. The third-order valence-electron chi connectivity index (χ3n) is 4.72. The van der Waals surface area contributed by atoms with Crippen molar-refractivity contribution in [1.29, 1.82) is 0 Å². The molecule has 1 aliphatic rings. The lowest BCUT2D eigenvalue weighted by molar-refractivity contribution is 0.189. The van der Waals surface area contributed by atoms with E-state index in [-0.39, 0.29) is 5.41 Å². The summed E-state index contributed by atoms with van der Waals surface area (Å²) in [7, 11) is 0. The van der Waals surface area contributed by atoms with Gasteiger partial charge in [0.2, 0.25) is 0 Å². The van der Waals surface area contributed by atoms with E-state index in [0.717, 1.165) is 5.02 Å². The molecule has 0 bridgehead atoms. The molecule has 92 valence electrons. The van der Waals surface area contributed by atoms with E-state index in [1.807, 2.05) is 12.1 Å². The Morgan fingerprint density at radius 3 is 2.12 bits per heavy atom. The molecule has 1 aromatic rings. The van der Waals surface area contributed by atoms with Gasteiger partial charge in [0.05, 0.1) is 0 Å². The maximum Gasteiger partial charge on any atom is 0.0406 e. The molecule has 0 heterocycles. The van der Waals surface area contributed by atoms with Crippen molar-refractivity contribution in [3.8, 4) is 0 Å². The molecule has 0 N–H and O–H groups in total. The van der Waals surface area contributed by atoms with Crippen LogP contribution in [0.15, 0.2) is 29.8 Å². The van der Waals surface area contributed by atoms with E-state index in [0.29, 0.717) is 5.41 Å². The Hall–Kier alpha value is -0.750. The lowest BCUT2D eigenvalue weighted by atomic mass is 9.69. The Balaban J connectivity index is 2.33. The Bertz CT molecular complexity index is 435. The largest absolute Gasteiger partial charge is 0.0843 e. The zero-order chi connectivity index (χ0) is 12.7. The van der Waals surface area contributed by atoms with Crippen LogP contribution < -0.4 is 0 Å². The van der Waals surface area contributed by atoms with Gasteiger partial charge in [-0.3, -0.25) is 0 Å². The van der Waals surface area contributed by atoms with Crippen LogP contribution in [0.2, 0.25) is 5.02 Å². The van der Waals surface area contributed by atoms with Crippen molar-refractivity contribution in [1.82, 2.24) is 0 Å². The first-order valence-electron chi connectivity index (χ1n) is 6.29. The molecule has 1 saturated carbocycles. The average Bonchev–Trinajstić information content (AvgIpc) is 2.44. The summed E-state index contributed by atoms with van der Waals surface area (Å²) < 4.78 is 0. The van der Waals surface area contributed by atoms with Crippen molar-refractivity contribution in [2.75, 3.05) is 0 Å². The highest BCUT2D eigenvalue weighted by Crippen LogP contribution is 2.55. The second kappa shape index (κ2) is 4.17. The van der Waals surface area contributed by atoms with Crippen molar-refractivity contribution in [2.24, 2.45) is 10.8 Å². The van der Waals surface area contributed by atoms with Gasteiger partial charge in [-0.2, -0.15) is 0 Å². The minimum atomic E-state index is 0.284. The fraction of sp³-hybridized carbons (Fsp3) is 0.500. The summed E-state index contributed by atoms with van der Waals surface area (Å²) >= 11 is 5.91. The smallest absolute Gasteiger partial charge is 0.0406 e. The molecule has 0 unspecified atom stereocenters. The molecule has 0 spiro atoms. The van der Waals surface area contributed by atoms with Gasteiger partial charge in [-0.05, 0) is 41.4 Å². The van der Waals surface area contributed by atoms with Gasteiger partial charge in [-0.25, -0.2) is 0 Å². The third-order valence-corrected chi connectivity index (χ3v) is 4.98. The van der Waals surface area contributed by atoms with Crippen LogP contribution in [0.3, 0.4) is 0 Å². The fourth-order valence-corrected chi connectivity index (χ4v) is 2.65. The molecule has 0 atom stereocenters. The van der Waals surface area contributed by atoms with E-state index >= 15 is 0 Å². The van der Waals surface area contributed by atoms with Crippen LogP contribution in [0.25, 0.3) is 6.08 Å². The van der Waals surface area contributed by atoms with Crippen molar-refractivity contribution in [3.63, 3.8) is 0 Å². The molecule has 17 heavy (non-hydrogen) atoms. The lowest BCUT2D eigenvalue weighted by Gasteiger charge is -2.36. The molecule has 1 aromatic carbocycles. The van der Waals surface area contributed by atoms with Crippen LogP contribution >= 0.6 is 11.6 Å². The summed E-state index contributed by atoms with van der Waals surface area (Å²) in [5.41, 5.74) is 3.50. The summed E-state index contributed by atoms with van der Waals surface area (Å²) in [5, 5.41) is 0.804. The molecule has 2 rings (SSSR count). The van der Waals surface area contributed by atoms with Crippen LogP contribution in [-0.4, -0.2) is 0 Å². The monoisotopic (exact) mass is 248 g/mol. The van der Waals surface area contributed by atoms with Gasteiger partial charge >= 0.3 is 0 Å². The third kappa shape index (κ3) is 2.28. The molecule has 0 aliphatic heterocycles. The number of allylic oxidation sites excluding steroid dienone is 1. The quantitative estimate of drug-likeness (QED) is 0.610. The molecule has 1 heteroatoms. The molecular weight excluding hydrogens is 228 g/mol. The molecule has 0 nitrogen and oxygen atoms in total. The predicted molar refractivity (Wildman–Crippen MR) is 76.2 cm³/mol. The SMILES string of the molecule is CC1(C)CCC(=Cc2ccc(Cl)cc2)C1(C)C. The highest BCUT2D eigenvalue weighted by Gasteiger charge is 2.44. The van der Waals surface area contributed by atoms with E-state index < -0.39 is 0 Å². The van der Waals surface area contributed by atoms with Crippen LogP contribution in [-0.2, 0) is 0 Å². The summed E-state index contributed by atoms with van der Waals surface area (Å²) in [4.78, 5) is 0. The number of hydrogen-bond acceptors (Lipinski definition) is 0. The van der Waals surface area contributed by atoms with Crippen molar-refractivity contribution < 1.29 is 0 Å². The van der Waals surface area contributed by atoms with Gasteiger partial charge in [0.1, 0.15) is 0 Å². The van der Waals surface area contributed by atoms with E-state index in [2.05, 4.69) is 45.9 Å². The van der Waals surface area contributed by atoms with E-state index in [1.54, 1.807) is 5.57 Å². The fourth-order valence-electron chi connectivity index (χ4n) is 2.52. The van der Waals surface area contributed by atoms with Crippen molar-refractivity contribution >= 4 is 17.7 Å². The Morgan fingerprint density at radius 1 is 1.06 bits per heavy atom. The maximum atomic E-state index is 5.91. The van der Waals surface area contributed by atoms with Crippen LogP contribution in [0.1, 0.15) is 46.1 Å². The van der Waals surface area contributed by atoms with Crippen molar-refractivity contribution in [3.05, 3.63) is 40.4 Å². The zero-order valence-corrected chi connectivity index (χ0v) is 11.9. The minimum absolute atomic E-state index is 0.284. The van der Waals surface area contributed by atoms with Gasteiger partial charge in [0.25, 0.3) is 0 Å². The van der Waals surface area contributed by atoms with E-state index in [4.69, 9.17) is 11.6 Å². The van der Waals surface area contributed by atoms with Gasteiger partial charge in [0, 0.05) is 5.02 Å². The van der Waals surface area contributed by atoms with Gasteiger partial charge in [0.15, 0.2) is 0 Å². The van der Waals surface area contributed by atoms with E-state index in [1.165, 1.54) is 18.4 Å². The molecule has 0 aromatic heterocycles. The van der Waals surface area contributed by atoms with Crippen LogP contribution in [0, 0.1) is 10.8 Å². The second-order valence-electron chi connectivity index (χ2n) is 6.23. The highest BCUT2D eigenvalue weighted by molar-refractivity contribution is 6.30. The van der Waals surface area contributed by atoms with Gasteiger partial charge < -0.3 is 0 Å². The molecule has 0 radical (unpaired) electrons. The van der Waals surface area contributed by atoms with Crippen molar-refractivity contribution in [2.45, 2.75) is 40.5 Å². The minimum Gasteiger partial charge on any atom is -0.0843 e. The Labute approximate surface area is 110 Å². The highest BCUT2D eigenvalue weighted by atomic mass is 35.5. The van der Waals surface area contributed by atoms with Crippen LogP contribution in [0.5, 0.6) is 0 Å². The summed E-state index contributed by atoms with van der Waals surface area (Å²) in [5.74, 6) is 0. The topological polar surface area (TPSA) is 0 Å². The first-order valence-corrected chi connectivity index (χ1v) is 6.67. The molecule has 1 aliphatic carbocycles. The predicted octanol–water partition coefficient (Wildman–Crippen LogP) is 5.57. The summed E-state index contributed by atoms with van der Waals surface area (Å²) in [6.45, 7) is 9.47. The molecular formula is C16H21Cl. The first kappa shape index (κ1) is 12.7. The number of rotatable bonds is 1. The molecule has 0 amide bonds. The van der Waals surface area contributed by atoms with Gasteiger partial charge in [-0.15, -0.1) is 0 Å². The maximum absolute atomic E-state index is 5.91. The summed E-state index contributed by atoms with van der Waals surface area (Å²) in [6, 6.07) is 8.11. The number of benzene rings is 1. The Morgan fingerprint density at radius 2 is 1.65 bits per heavy atom. The second-order valence-corrected chi connectivity index (χ2v) is 6.67. The number of halogens is 1. The Kier molecular flexibility index (Phi) is 3.12. The first-order chi connectivity index (χ1) is 7.83. The molecule has 0 saturated heterocycles. The standard InChI is InChI=1S/C16H21Cl/c1-15(2)10-9-13(16(15,3)4)11-12-5-7-14(17)8-6-12/h5-8,11H,9-10H2,1-4H3. The van der Waals surface area contributed by atoms with Crippen LogP contribution in [0.4, 0.5) is 0 Å².